The normalized spacial score (nSPS) is 25.0. The third kappa shape index (κ3) is 3.67. The molecule has 0 aromatic carbocycles. The maximum atomic E-state index is 12.5. The minimum atomic E-state index is 0.185. The van der Waals surface area contributed by atoms with Gasteiger partial charge in [0.2, 0.25) is 5.91 Å². The lowest BCUT2D eigenvalue weighted by Gasteiger charge is -2.42. The van der Waals surface area contributed by atoms with Crippen molar-refractivity contribution in [3.05, 3.63) is 17.8 Å². The highest BCUT2D eigenvalue weighted by atomic mass is 32.1. The van der Waals surface area contributed by atoms with Gasteiger partial charge in [0.25, 0.3) is 0 Å². The Kier molecular flexibility index (Phi) is 4.73. The van der Waals surface area contributed by atoms with Crippen molar-refractivity contribution >= 4 is 33.3 Å². The standard InChI is InChI=1S/C20H27N5OS/c26-20(23-15-3-4-15)14-2-1-8-25(12-14)16-5-9-24(10-6-16)19-18-17(7-11-27-18)21-13-22-19/h7,11,13-16H,1-6,8-10,12H2,(H,23,26)/t14-/m0/s1. The molecule has 7 heteroatoms. The van der Waals surface area contributed by atoms with Gasteiger partial charge in [-0.2, -0.15) is 0 Å². The van der Waals surface area contributed by atoms with Crippen LogP contribution in [-0.2, 0) is 4.79 Å². The zero-order valence-corrected chi connectivity index (χ0v) is 16.5. The molecule has 144 valence electrons. The number of fused-ring (bicyclic) bond motifs is 1. The molecule has 6 nitrogen and oxygen atoms in total. The van der Waals surface area contributed by atoms with Crippen molar-refractivity contribution in [2.24, 2.45) is 5.92 Å². The summed E-state index contributed by atoms with van der Waals surface area (Å²) in [6.07, 6.45) is 8.50. The smallest absolute Gasteiger partial charge is 0.224 e. The molecular weight excluding hydrogens is 358 g/mol. The van der Waals surface area contributed by atoms with E-state index < -0.39 is 0 Å². The second-order valence-electron chi connectivity index (χ2n) is 8.17. The largest absolute Gasteiger partial charge is 0.355 e. The van der Waals surface area contributed by atoms with Crippen LogP contribution in [0.15, 0.2) is 17.8 Å². The maximum Gasteiger partial charge on any atom is 0.224 e. The highest BCUT2D eigenvalue weighted by molar-refractivity contribution is 7.17. The number of aromatic nitrogens is 2. The first-order chi connectivity index (χ1) is 13.3. The summed E-state index contributed by atoms with van der Waals surface area (Å²) in [6, 6.07) is 3.13. The topological polar surface area (TPSA) is 61.4 Å². The molecule has 1 aliphatic carbocycles. The number of nitrogens with one attached hydrogen (secondary N) is 1. The fourth-order valence-electron chi connectivity index (χ4n) is 4.54. The van der Waals surface area contributed by atoms with Crippen LogP contribution in [0.1, 0.15) is 38.5 Å². The number of carbonyl (C=O) groups is 1. The van der Waals surface area contributed by atoms with Crippen molar-refractivity contribution in [2.75, 3.05) is 31.1 Å². The van der Waals surface area contributed by atoms with E-state index in [4.69, 9.17) is 0 Å². The van der Waals surface area contributed by atoms with Crippen LogP contribution in [-0.4, -0.2) is 59.0 Å². The van der Waals surface area contributed by atoms with Crippen LogP contribution in [0, 0.1) is 5.92 Å². The van der Waals surface area contributed by atoms with E-state index in [9.17, 15) is 4.79 Å². The molecule has 5 rings (SSSR count). The Bertz CT molecular complexity index is 812. The molecule has 0 bridgehead atoms. The van der Waals surface area contributed by atoms with Gasteiger partial charge < -0.3 is 10.2 Å². The summed E-state index contributed by atoms with van der Waals surface area (Å²) in [5.74, 6) is 1.57. The fourth-order valence-corrected chi connectivity index (χ4v) is 5.40. The molecule has 2 saturated heterocycles. The Balaban J connectivity index is 1.20. The number of thiophene rings is 1. The molecule has 2 aromatic rings. The lowest BCUT2D eigenvalue weighted by molar-refractivity contribution is -0.127. The van der Waals surface area contributed by atoms with Crippen molar-refractivity contribution in [3.63, 3.8) is 0 Å². The number of hydrogen-bond donors (Lipinski definition) is 1. The summed E-state index contributed by atoms with van der Waals surface area (Å²) in [6.45, 7) is 4.14. The molecule has 1 amide bonds. The number of carbonyl (C=O) groups excluding carboxylic acids is 1. The van der Waals surface area contributed by atoms with Gasteiger partial charge in [-0.1, -0.05) is 0 Å². The molecule has 27 heavy (non-hydrogen) atoms. The summed E-state index contributed by atoms with van der Waals surface area (Å²) in [5, 5.41) is 5.30. The SMILES string of the molecule is O=C(NC1CC1)[C@H]1CCCN(C2CCN(c3ncnc4ccsc34)CC2)C1. The monoisotopic (exact) mass is 385 g/mol. The Labute approximate surface area is 164 Å². The first-order valence-corrected chi connectivity index (χ1v) is 11.1. The van der Waals surface area contributed by atoms with E-state index in [0.29, 0.717) is 18.0 Å². The van der Waals surface area contributed by atoms with Crippen molar-refractivity contribution in [3.8, 4) is 0 Å². The number of rotatable bonds is 4. The van der Waals surface area contributed by atoms with Gasteiger partial charge >= 0.3 is 0 Å². The van der Waals surface area contributed by atoms with Crippen LogP contribution in [0.5, 0.6) is 0 Å². The van der Waals surface area contributed by atoms with Gasteiger partial charge in [-0.05, 0) is 56.5 Å². The third-order valence-electron chi connectivity index (χ3n) is 6.25. The zero-order valence-electron chi connectivity index (χ0n) is 15.6. The second kappa shape index (κ2) is 7.36. The van der Waals surface area contributed by atoms with E-state index in [1.54, 1.807) is 17.7 Å². The lowest BCUT2D eigenvalue weighted by Crippen LogP contribution is -2.51. The molecule has 0 spiro atoms. The molecule has 1 saturated carbocycles. The van der Waals surface area contributed by atoms with E-state index in [1.165, 1.54) is 17.5 Å². The van der Waals surface area contributed by atoms with E-state index in [2.05, 4.69) is 36.5 Å². The minimum Gasteiger partial charge on any atom is -0.355 e. The van der Waals surface area contributed by atoms with Crippen LogP contribution in [0.3, 0.4) is 0 Å². The van der Waals surface area contributed by atoms with Crippen molar-refractivity contribution in [1.82, 2.24) is 20.2 Å². The van der Waals surface area contributed by atoms with E-state index in [1.807, 2.05) is 0 Å². The van der Waals surface area contributed by atoms with E-state index in [-0.39, 0.29) is 5.92 Å². The van der Waals surface area contributed by atoms with Gasteiger partial charge in [0, 0.05) is 31.7 Å². The van der Waals surface area contributed by atoms with Gasteiger partial charge in [-0.3, -0.25) is 9.69 Å². The van der Waals surface area contributed by atoms with Crippen LogP contribution in [0.2, 0.25) is 0 Å². The quantitative estimate of drug-likeness (QED) is 0.877. The van der Waals surface area contributed by atoms with Crippen molar-refractivity contribution in [1.29, 1.82) is 0 Å². The average molecular weight is 386 g/mol. The molecule has 2 aliphatic heterocycles. The van der Waals surface area contributed by atoms with Crippen LogP contribution >= 0.6 is 11.3 Å². The molecule has 0 radical (unpaired) electrons. The first-order valence-electron chi connectivity index (χ1n) is 10.3. The number of anilines is 1. The highest BCUT2D eigenvalue weighted by Crippen LogP contribution is 2.31. The maximum absolute atomic E-state index is 12.5. The Hall–Kier alpha value is -1.73. The molecule has 3 fully saturated rings. The van der Waals surface area contributed by atoms with E-state index >= 15 is 0 Å². The summed E-state index contributed by atoms with van der Waals surface area (Å²) in [5.41, 5.74) is 1.05. The Morgan fingerprint density at radius 1 is 1.11 bits per heavy atom. The average Bonchev–Trinajstić information content (AvgIpc) is 3.40. The molecule has 3 aliphatic rings. The predicted octanol–water partition coefficient (Wildman–Crippen LogP) is 2.65. The molecule has 0 unspecified atom stereocenters. The zero-order chi connectivity index (χ0) is 18.2. The number of piperidine rings is 2. The minimum absolute atomic E-state index is 0.185. The van der Waals surface area contributed by atoms with Gasteiger partial charge in [0.1, 0.15) is 12.1 Å². The molecular formula is C20H27N5OS. The van der Waals surface area contributed by atoms with Gasteiger partial charge in [-0.25, -0.2) is 9.97 Å². The van der Waals surface area contributed by atoms with Gasteiger partial charge in [0.15, 0.2) is 0 Å². The summed E-state index contributed by atoms with van der Waals surface area (Å²) < 4.78 is 1.20. The third-order valence-corrected chi connectivity index (χ3v) is 7.15. The molecule has 4 heterocycles. The fraction of sp³-hybridized carbons (Fsp3) is 0.650. The van der Waals surface area contributed by atoms with Crippen LogP contribution in [0.25, 0.3) is 10.2 Å². The van der Waals surface area contributed by atoms with Crippen molar-refractivity contribution in [2.45, 2.75) is 50.6 Å². The molecule has 1 atom stereocenters. The summed E-state index contributed by atoms with van der Waals surface area (Å²) in [4.78, 5) is 26.4. The lowest BCUT2D eigenvalue weighted by atomic mass is 9.93. The summed E-state index contributed by atoms with van der Waals surface area (Å²) >= 11 is 1.73. The Morgan fingerprint density at radius 3 is 2.78 bits per heavy atom. The van der Waals surface area contributed by atoms with E-state index in [0.717, 1.165) is 63.2 Å². The van der Waals surface area contributed by atoms with Crippen LogP contribution in [0.4, 0.5) is 5.82 Å². The number of hydrogen-bond acceptors (Lipinski definition) is 6. The van der Waals surface area contributed by atoms with Crippen molar-refractivity contribution < 1.29 is 4.79 Å². The molecule has 1 N–H and O–H groups in total. The van der Waals surface area contributed by atoms with Gasteiger partial charge in [-0.15, -0.1) is 11.3 Å². The molecule has 2 aromatic heterocycles. The number of amides is 1. The second-order valence-corrected chi connectivity index (χ2v) is 9.08. The Morgan fingerprint density at radius 2 is 1.96 bits per heavy atom. The summed E-state index contributed by atoms with van der Waals surface area (Å²) in [7, 11) is 0. The van der Waals surface area contributed by atoms with Gasteiger partial charge in [0.05, 0.1) is 16.1 Å². The first kappa shape index (κ1) is 17.4. The van der Waals surface area contributed by atoms with Crippen LogP contribution < -0.4 is 10.2 Å². The predicted molar refractivity (Wildman–Crippen MR) is 108 cm³/mol. The highest BCUT2D eigenvalue weighted by Gasteiger charge is 2.34. The number of likely N-dealkylation sites (tertiary alicyclic amines) is 1. The number of nitrogens with zero attached hydrogens (tertiary/aromatic N) is 4.